The van der Waals surface area contributed by atoms with Crippen molar-refractivity contribution < 1.29 is 29.0 Å². The number of carbonyl (C=O) groups excluding carboxylic acids is 1. The summed E-state index contributed by atoms with van der Waals surface area (Å²) in [7, 11) is -1.03. The molecule has 2 aliphatic rings. The number of carbonyl (C=O) groups is 2. The van der Waals surface area contributed by atoms with E-state index in [-0.39, 0.29) is 33.7 Å². The van der Waals surface area contributed by atoms with Crippen LogP contribution in [0.4, 0.5) is 10.5 Å². The number of phenols is 1. The summed E-state index contributed by atoms with van der Waals surface area (Å²) in [5.41, 5.74) is 1.20. The summed E-state index contributed by atoms with van der Waals surface area (Å²) in [5, 5.41) is 20.3. The van der Waals surface area contributed by atoms with Crippen LogP contribution in [0.25, 0.3) is 0 Å². The van der Waals surface area contributed by atoms with E-state index in [0.717, 1.165) is 10.5 Å². The second-order valence-electron chi connectivity index (χ2n) is 9.42. The van der Waals surface area contributed by atoms with Crippen LogP contribution in [-0.4, -0.2) is 54.8 Å². The quantitative estimate of drug-likeness (QED) is 0.686. The molecule has 0 saturated carbocycles. The molecule has 0 bridgehead atoms. The molecule has 2 amide bonds. The van der Waals surface area contributed by atoms with Crippen LogP contribution in [0.1, 0.15) is 44.5 Å². The van der Waals surface area contributed by atoms with Crippen LogP contribution in [0, 0.1) is 0 Å². The Hall–Kier alpha value is -2.52. The molecule has 9 heteroatoms. The van der Waals surface area contributed by atoms with E-state index in [1.165, 1.54) is 19.2 Å². The molecule has 2 heterocycles. The summed E-state index contributed by atoms with van der Waals surface area (Å²) in [6.07, 6.45) is 0.105. The highest BCUT2D eigenvalue weighted by Crippen LogP contribution is 2.44. The van der Waals surface area contributed by atoms with E-state index in [0.29, 0.717) is 6.42 Å². The smallest absolute Gasteiger partial charge is 0.414 e. The van der Waals surface area contributed by atoms with Gasteiger partial charge in [0.25, 0.3) is 5.91 Å². The highest BCUT2D eigenvalue weighted by atomic mass is 28.4. The Balaban J connectivity index is 2.24. The van der Waals surface area contributed by atoms with Crippen molar-refractivity contribution in [3.63, 3.8) is 0 Å². The molecule has 0 aliphatic carbocycles. The summed E-state index contributed by atoms with van der Waals surface area (Å²) in [6.45, 7) is 12.2. The van der Waals surface area contributed by atoms with Crippen LogP contribution in [0.2, 0.25) is 18.1 Å². The molecule has 3 rings (SSSR count). The van der Waals surface area contributed by atoms with Gasteiger partial charge in [-0.05, 0) is 37.5 Å². The van der Waals surface area contributed by atoms with E-state index in [1.807, 2.05) is 20.0 Å². The predicted octanol–water partition coefficient (Wildman–Crippen LogP) is 4.37. The first kappa shape index (κ1) is 22.2. The second kappa shape index (κ2) is 7.31. The van der Waals surface area contributed by atoms with Crippen molar-refractivity contribution in [3.05, 3.63) is 29.5 Å². The molecule has 1 aromatic carbocycles. The number of aromatic hydroxyl groups is 1. The number of nitrogens with zero attached hydrogens (tertiary/aromatic N) is 2. The first-order valence-corrected chi connectivity index (χ1v) is 12.8. The topological polar surface area (TPSA) is 99.5 Å². The van der Waals surface area contributed by atoms with E-state index in [4.69, 9.17) is 9.16 Å². The van der Waals surface area contributed by atoms with Crippen LogP contribution in [0.3, 0.4) is 0 Å². The number of hydrogen-bond acceptors (Lipinski definition) is 5. The summed E-state index contributed by atoms with van der Waals surface area (Å²) in [5.74, 6) is -0.486. The molecule has 0 aromatic heterocycles. The Morgan fingerprint density at radius 3 is 2.43 bits per heavy atom. The van der Waals surface area contributed by atoms with Gasteiger partial charge < -0.3 is 24.3 Å². The second-order valence-corrected chi connectivity index (χ2v) is 14.2. The van der Waals surface area contributed by atoms with Gasteiger partial charge in [-0.3, -0.25) is 4.79 Å². The van der Waals surface area contributed by atoms with Crippen molar-refractivity contribution in [2.45, 2.75) is 64.5 Å². The lowest BCUT2D eigenvalue weighted by molar-refractivity contribution is 0.0603. The zero-order chi connectivity index (χ0) is 22.6. The molecule has 1 aromatic rings. The van der Waals surface area contributed by atoms with Crippen molar-refractivity contribution in [1.29, 1.82) is 0 Å². The van der Waals surface area contributed by atoms with Crippen LogP contribution in [0.15, 0.2) is 23.9 Å². The molecular formula is C21H30N2O6Si. The van der Waals surface area contributed by atoms with E-state index < -0.39 is 26.7 Å². The van der Waals surface area contributed by atoms with Crippen molar-refractivity contribution in [1.82, 2.24) is 4.90 Å². The number of methoxy groups -OCH3 is 1. The fourth-order valence-corrected chi connectivity index (χ4v) is 4.84. The zero-order valence-electron chi connectivity index (χ0n) is 18.5. The summed E-state index contributed by atoms with van der Waals surface area (Å²) in [4.78, 5) is 28.5. The highest BCUT2D eigenvalue weighted by molar-refractivity contribution is 6.74. The number of benzene rings is 1. The first-order chi connectivity index (χ1) is 13.8. The van der Waals surface area contributed by atoms with Gasteiger partial charge in [-0.25, -0.2) is 9.69 Å². The average molecular weight is 435 g/mol. The zero-order valence-corrected chi connectivity index (χ0v) is 19.5. The number of phenolic OH excluding ortho intramolecular Hbond substituents is 1. The first-order valence-electron chi connectivity index (χ1n) is 9.89. The maximum absolute atomic E-state index is 13.4. The van der Waals surface area contributed by atoms with Crippen LogP contribution in [0.5, 0.6) is 11.5 Å². The van der Waals surface area contributed by atoms with Gasteiger partial charge in [-0.2, -0.15) is 0 Å². The number of hydrogen-bond donors (Lipinski definition) is 2. The fraction of sp³-hybridized carbons (Fsp3) is 0.524. The van der Waals surface area contributed by atoms with Gasteiger partial charge in [0.1, 0.15) is 0 Å². The lowest BCUT2D eigenvalue weighted by Crippen LogP contribution is -2.57. The van der Waals surface area contributed by atoms with E-state index >= 15 is 0 Å². The minimum Gasteiger partial charge on any atom is -0.504 e. The molecule has 2 unspecified atom stereocenters. The number of fused-ring (bicyclic) bond motifs is 2. The van der Waals surface area contributed by atoms with Crippen LogP contribution < -0.4 is 9.64 Å². The molecular weight excluding hydrogens is 404 g/mol. The summed E-state index contributed by atoms with van der Waals surface area (Å²) >= 11 is 0. The highest BCUT2D eigenvalue weighted by Gasteiger charge is 2.50. The normalized spacial score (nSPS) is 21.7. The Kier molecular flexibility index (Phi) is 5.40. The van der Waals surface area contributed by atoms with Crippen molar-refractivity contribution in [3.8, 4) is 11.5 Å². The Morgan fingerprint density at radius 2 is 1.90 bits per heavy atom. The third kappa shape index (κ3) is 3.56. The average Bonchev–Trinajstić information content (AvgIpc) is 2.97. The standard InChI is InChI=1S/C21H30N2O6Si/c1-12-8-15-19(29-30(6,7)21(2,3)4)23(20(26)27)14-10-16(24)17(28-5)9-13(14)18(25)22(15)11-12/h9-11,15,19,24H,8H2,1-7H3,(H,26,27). The lowest BCUT2D eigenvalue weighted by atomic mass is 10.1. The van der Waals surface area contributed by atoms with Gasteiger partial charge >= 0.3 is 6.09 Å². The van der Waals surface area contributed by atoms with Gasteiger partial charge in [0.05, 0.1) is 24.4 Å². The maximum atomic E-state index is 13.4. The third-order valence-electron chi connectivity index (χ3n) is 6.28. The van der Waals surface area contributed by atoms with Crippen molar-refractivity contribution in [2.75, 3.05) is 12.0 Å². The number of amides is 2. The minimum absolute atomic E-state index is 0.0926. The molecule has 8 nitrogen and oxygen atoms in total. The van der Waals surface area contributed by atoms with Crippen LogP contribution in [-0.2, 0) is 4.43 Å². The maximum Gasteiger partial charge on any atom is 0.414 e. The van der Waals surface area contributed by atoms with Gasteiger partial charge in [-0.1, -0.05) is 26.3 Å². The molecule has 0 spiro atoms. The van der Waals surface area contributed by atoms with E-state index in [1.54, 1.807) is 11.1 Å². The van der Waals surface area contributed by atoms with Crippen LogP contribution >= 0.6 is 0 Å². The van der Waals surface area contributed by atoms with Crippen molar-refractivity contribution >= 4 is 26.0 Å². The van der Waals surface area contributed by atoms with Gasteiger partial charge in [0.2, 0.25) is 0 Å². The SMILES string of the molecule is COc1cc2c(cc1O)N(C(=O)O)C(O[Si](C)(C)C(C)(C)C)C1CC(C)=CN1C2=O. The number of rotatable bonds is 3. The van der Waals surface area contributed by atoms with Gasteiger partial charge in [0, 0.05) is 12.3 Å². The summed E-state index contributed by atoms with van der Waals surface area (Å²) < 4.78 is 11.8. The molecule has 2 N–H and O–H groups in total. The molecule has 0 fully saturated rings. The minimum atomic E-state index is -2.41. The Bertz CT molecular complexity index is 921. The molecule has 2 aliphatic heterocycles. The lowest BCUT2D eigenvalue weighted by Gasteiger charge is -2.44. The molecule has 0 radical (unpaired) electrons. The molecule has 0 saturated heterocycles. The molecule has 2 atom stereocenters. The summed E-state index contributed by atoms with van der Waals surface area (Å²) in [6, 6.07) is 2.15. The monoisotopic (exact) mass is 434 g/mol. The molecule has 164 valence electrons. The number of carboxylic acid groups (broad SMARTS) is 1. The number of ether oxygens (including phenoxy) is 1. The Morgan fingerprint density at radius 1 is 1.27 bits per heavy atom. The Labute approximate surface area is 177 Å². The predicted molar refractivity (Wildman–Crippen MR) is 116 cm³/mol. The largest absolute Gasteiger partial charge is 0.504 e. The van der Waals surface area contributed by atoms with Crippen molar-refractivity contribution in [2.24, 2.45) is 0 Å². The third-order valence-corrected chi connectivity index (χ3v) is 10.7. The molecule has 30 heavy (non-hydrogen) atoms. The van der Waals surface area contributed by atoms with Gasteiger partial charge in [-0.15, -0.1) is 0 Å². The van der Waals surface area contributed by atoms with Gasteiger partial charge in [0.15, 0.2) is 26.0 Å². The fourth-order valence-electron chi connectivity index (χ4n) is 3.62. The number of anilines is 1. The van der Waals surface area contributed by atoms with E-state index in [9.17, 15) is 19.8 Å². The van der Waals surface area contributed by atoms with E-state index in [2.05, 4.69) is 20.8 Å².